The molecule has 0 aliphatic rings. The molecule has 0 aliphatic carbocycles. The highest BCUT2D eigenvalue weighted by atomic mass is 16.5. The first-order chi connectivity index (χ1) is 15.0. The third-order valence-corrected chi connectivity index (χ3v) is 4.55. The number of carbonyl (C=O) groups is 2. The Labute approximate surface area is 180 Å². The summed E-state index contributed by atoms with van der Waals surface area (Å²) in [6.07, 6.45) is 0. The van der Waals surface area contributed by atoms with Crippen molar-refractivity contribution in [1.29, 1.82) is 0 Å². The van der Waals surface area contributed by atoms with Gasteiger partial charge in [-0.25, -0.2) is 4.79 Å². The van der Waals surface area contributed by atoms with Gasteiger partial charge in [-0.2, -0.15) is 0 Å². The van der Waals surface area contributed by atoms with Crippen molar-refractivity contribution in [3.05, 3.63) is 82.8 Å². The van der Waals surface area contributed by atoms with Crippen molar-refractivity contribution in [3.63, 3.8) is 0 Å². The average molecular weight is 423 g/mol. The van der Waals surface area contributed by atoms with Crippen molar-refractivity contribution in [2.24, 2.45) is 0 Å². The van der Waals surface area contributed by atoms with Gasteiger partial charge in [-0.15, -0.1) is 0 Å². The Kier molecular flexibility index (Phi) is 7.32. The summed E-state index contributed by atoms with van der Waals surface area (Å²) >= 11 is 0. The third kappa shape index (κ3) is 6.12. The fourth-order valence-electron chi connectivity index (χ4n) is 2.97. The van der Waals surface area contributed by atoms with Crippen LogP contribution in [0.4, 0.5) is 0 Å². The van der Waals surface area contributed by atoms with Gasteiger partial charge in [0.1, 0.15) is 23.7 Å². The molecule has 0 saturated carbocycles. The minimum Gasteiger partial charge on any atom is -0.493 e. The van der Waals surface area contributed by atoms with Gasteiger partial charge in [-0.05, 0) is 43.2 Å². The average Bonchev–Trinajstić information content (AvgIpc) is 3.13. The number of carbonyl (C=O) groups excluding carboxylic acids is 2. The minimum absolute atomic E-state index is 0.259. The van der Waals surface area contributed by atoms with Crippen LogP contribution in [0, 0.1) is 13.8 Å². The summed E-state index contributed by atoms with van der Waals surface area (Å²) in [5.74, 6) is 1.25. The number of hydrogen-bond acceptors (Lipinski definition) is 6. The largest absolute Gasteiger partial charge is 0.493 e. The summed E-state index contributed by atoms with van der Waals surface area (Å²) in [6, 6.07) is 16.9. The maximum atomic E-state index is 12.1. The lowest BCUT2D eigenvalue weighted by molar-refractivity contribution is -0.124. The fourth-order valence-corrected chi connectivity index (χ4v) is 2.97. The van der Waals surface area contributed by atoms with Crippen LogP contribution in [0.5, 0.6) is 11.5 Å². The highest BCUT2D eigenvalue weighted by Crippen LogP contribution is 2.28. The number of methoxy groups -OCH3 is 1. The number of benzene rings is 2. The van der Waals surface area contributed by atoms with Gasteiger partial charge < -0.3 is 23.9 Å². The van der Waals surface area contributed by atoms with Gasteiger partial charge in [-0.1, -0.05) is 36.4 Å². The number of furan rings is 1. The standard InChI is InChI=1S/C24H25NO6/c1-16-11-20(17(2)31-16)24(27)30-15-23(26)25-13-19-9-10-21(22(12-19)28-3)29-14-18-7-5-4-6-8-18/h4-12H,13-15H2,1-3H3,(H,25,26). The molecule has 1 amide bonds. The van der Waals surface area contributed by atoms with Gasteiger partial charge in [0.2, 0.25) is 0 Å². The van der Waals surface area contributed by atoms with Gasteiger partial charge in [0.15, 0.2) is 18.1 Å². The third-order valence-electron chi connectivity index (χ3n) is 4.55. The van der Waals surface area contributed by atoms with Gasteiger partial charge >= 0.3 is 5.97 Å². The smallest absolute Gasteiger partial charge is 0.342 e. The van der Waals surface area contributed by atoms with E-state index in [0.29, 0.717) is 35.2 Å². The molecule has 1 aromatic heterocycles. The molecular weight excluding hydrogens is 398 g/mol. The van der Waals surface area contributed by atoms with E-state index in [4.69, 9.17) is 18.6 Å². The van der Waals surface area contributed by atoms with Gasteiger partial charge in [0.25, 0.3) is 5.91 Å². The summed E-state index contributed by atoms with van der Waals surface area (Å²) < 4.78 is 21.6. The van der Waals surface area contributed by atoms with E-state index in [0.717, 1.165) is 11.1 Å². The van der Waals surface area contributed by atoms with E-state index in [2.05, 4.69) is 5.32 Å². The molecular formula is C24H25NO6. The quantitative estimate of drug-likeness (QED) is 0.524. The van der Waals surface area contributed by atoms with E-state index < -0.39 is 11.9 Å². The topological polar surface area (TPSA) is 87.0 Å². The molecule has 1 heterocycles. The molecule has 0 fully saturated rings. The van der Waals surface area contributed by atoms with Gasteiger partial charge in [0, 0.05) is 6.54 Å². The zero-order valence-electron chi connectivity index (χ0n) is 17.8. The number of hydrogen-bond donors (Lipinski definition) is 1. The first-order valence-corrected chi connectivity index (χ1v) is 9.80. The molecule has 162 valence electrons. The fraction of sp³-hybridized carbons (Fsp3) is 0.250. The summed E-state index contributed by atoms with van der Waals surface area (Å²) in [5.41, 5.74) is 2.20. The number of rotatable bonds is 9. The Morgan fingerprint density at radius 3 is 2.42 bits per heavy atom. The van der Waals surface area contributed by atoms with E-state index in [9.17, 15) is 9.59 Å². The SMILES string of the molecule is COc1cc(CNC(=O)COC(=O)c2cc(C)oc2C)ccc1OCc1ccccc1. The van der Waals surface area contributed by atoms with Crippen molar-refractivity contribution in [2.75, 3.05) is 13.7 Å². The Balaban J connectivity index is 1.49. The van der Waals surface area contributed by atoms with E-state index in [1.807, 2.05) is 36.4 Å². The maximum absolute atomic E-state index is 12.1. The van der Waals surface area contributed by atoms with Crippen LogP contribution >= 0.6 is 0 Å². The van der Waals surface area contributed by atoms with Crippen LogP contribution in [0.2, 0.25) is 0 Å². The second-order valence-corrected chi connectivity index (χ2v) is 6.94. The van der Waals surface area contributed by atoms with Crippen LogP contribution in [0.3, 0.4) is 0 Å². The number of amides is 1. The predicted molar refractivity (Wildman–Crippen MR) is 114 cm³/mol. The molecule has 0 aliphatic heterocycles. The molecule has 7 nitrogen and oxygen atoms in total. The van der Waals surface area contributed by atoms with Gasteiger partial charge in [-0.3, -0.25) is 4.79 Å². The van der Waals surface area contributed by atoms with Crippen LogP contribution < -0.4 is 14.8 Å². The molecule has 31 heavy (non-hydrogen) atoms. The summed E-state index contributed by atoms with van der Waals surface area (Å²) in [5, 5.41) is 2.72. The highest BCUT2D eigenvalue weighted by molar-refractivity contribution is 5.92. The molecule has 0 atom stereocenters. The normalized spacial score (nSPS) is 10.4. The van der Waals surface area contributed by atoms with E-state index >= 15 is 0 Å². The zero-order valence-corrected chi connectivity index (χ0v) is 17.8. The maximum Gasteiger partial charge on any atom is 0.342 e. The highest BCUT2D eigenvalue weighted by Gasteiger charge is 2.16. The summed E-state index contributed by atoms with van der Waals surface area (Å²) in [4.78, 5) is 24.1. The Morgan fingerprint density at radius 1 is 0.968 bits per heavy atom. The van der Waals surface area contributed by atoms with Crippen molar-refractivity contribution >= 4 is 11.9 Å². The summed E-state index contributed by atoms with van der Waals surface area (Å²) in [7, 11) is 1.56. The predicted octanol–water partition coefficient (Wildman–Crippen LogP) is 3.96. The first kappa shape index (κ1) is 22.0. The molecule has 0 spiro atoms. The number of nitrogens with one attached hydrogen (secondary N) is 1. The number of ether oxygens (including phenoxy) is 3. The van der Waals surface area contributed by atoms with E-state index in [-0.39, 0.29) is 13.2 Å². The van der Waals surface area contributed by atoms with E-state index in [1.165, 1.54) is 0 Å². The number of aryl methyl sites for hydroxylation is 2. The Morgan fingerprint density at radius 2 is 1.74 bits per heavy atom. The van der Waals surface area contributed by atoms with Crippen molar-refractivity contribution in [1.82, 2.24) is 5.32 Å². The molecule has 1 N–H and O–H groups in total. The minimum atomic E-state index is -0.592. The molecule has 3 aromatic rings. The van der Waals surface area contributed by atoms with Crippen molar-refractivity contribution in [3.8, 4) is 11.5 Å². The molecule has 0 saturated heterocycles. The number of esters is 1. The van der Waals surface area contributed by atoms with Crippen LogP contribution in [0.25, 0.3) is 0 Å². The van der Waals surface area contributed by atoms with Crippen LogP contribution in [-0.2, 0) is 22.7 Å². The Bertz CT molecular complexity index is 1040. The monoisotopic (exact) mass is 423 g/mol. The van der Waals surface area contributed by atoms with Crippen LogP contribution in [0.1, 0.15) is 33.0 Å². The van der Waals surface area contributed by atoms with Crippen molar-refractivity contribution in [2.45, 2.75) is 27.0 Å². The molecule has 0 radical (unpaired) electrons. The summed E-state index contributed by atoms with van der Waals surface area (Å²) in [6.45, 7) is 3.72. The lowest BCUT2D eigenvalue weighted by Crippen LogP contribution is -2.28. The lowest BCUT2D eigenvalue weighted by atomic mass is 10.2. The molecule has 0 unspecified atom stereocenters. The molecule has 3 rings (SSSR count). The second-order valence-electron chi connectivity index (χ2n) is 6.94. The van der Waals surface area contributed by atoms with Crippen LogP contribution in [0.15, 0.2) is 59.0 Å². The molecule has 2 aromatic carbocycles. The molecule has 7 heteroatoms. The van der Waals surface area contributed by atoms with E-state index in [1.54, 1.807) is 39.2 Å². The Hall–Kier alpha value is -3.74. The van der Waals surface area contributed by atoms with Crippen molar-refractivity contribution < 1.29 is 28.2 Å². The lowest BCUT2D eigenvalue weighted by Gasteiger charge is -2.13. The second kappa shape index (κ2) is 10.3. The zero-order chi connectivity index (χ0) is 22.2. The molecule has 0 bridgehead atoms. The first-order valence-electron chi connectivity index (χ1n) is 9.80. The van der Waals surface area contributed by atoms with Gasteiger partial charge in [0.05, 0.1) is 7.11 Å². The van der Waals surface area contributed by atoms with Crippen LogP contribution in [-0.4, -0.2) is 25.6 Å².